The second-order valence-electron chi connectivity index (χ2n) is 6.07. The van der Waals surface area contributed by atoms with Crippen molar-refractivity contribution in [2.75, 3.05) is 5.32 Å². The predicted molar refractivity (Wildman–Crippen MR) is 100 cm³/mol. The van der Waals surface area contributed by atoms with Gasteiger partial charge in [0, 0.05) is 11.3 Å². The van der Waals surface area contributed by atoms with Crippen LogP contribution in [0.3, 0.4) is 0 Å². The van der Waals surface area contributed by atoms with Crippen LogP contribution in [0.4, 0.5) is 5.69 Å². The minimum Gasteiger partial charge on any atom is -0.508 e. The zero-order valence-corrected chi connectivity index (χ0v) is 15.4. The van der Waals surface area contributed by atoms with Gasteiger partial charge >= 0.3 is 0 Å². The van der Waals surface area contributed by atoms with Crippen molar-refractivity contribution in [3.63, 3.8) is 0 Å². The lowest BCUT2D eigenvalue weighted by Crippen LogP contribution is -2.23. The Balaban J connectivity index is 1.90. The van der Waals surface area contributed by atoms with Gasteiger partial charge in [-0.05, 0) is 55.8 Å². The molecule has 27 heavy (non-hydrogen) atoms. The van der Waals surface area contributed by atoms with Gasteiger partial charge in [0.05, 0.1) is 16.7 Å². The largest absolute Gasteiger partial charge is 0.508 e. The number of aliphatic hydroxyl groups excluding tert-OH is 1. The Morgan fingerprint density at radius 3 is 2.52 bits per heavy atom. The number of nitrogens with one attached hydrogen (secondary N) is 1. The molecule has 7 nitrogen and oxygen atoms in total. The molecule has 0 amide bonds. The zero-order chi connectivity index (χ0) is 19.6. The number of phenols is 1. The van der Waals surface area contributed by atoms with Crippen molar-refractivity contribution < 1.29 is 14.6 Å². The van der Waals surface area contributed by atoms with E-state index in [-0.39, 0.29) is 17.5 Å². The van der Waals surface area contributed by atoms with Crippen LogP contribution >= 0.6 is 11.6 Å². The van der Waals surface area contributed by atoms with Crippen LogP contribution in [0.15, 0.2) is 40.8 Å². The molecule has 3 aromatic rings. The number of nitriles is 1. The van der Waals surface area contributed by atoms with Gasteiger partial charge in [-0.1, -0.05) is 11.6 Å². The number of aromatic nitrogens is 2. The summed E-state index contributed by atoms with van der Waals surface area (Å²) in [4.78, 5) is 0. The van der Waals surface area contributed by atoms with Crippen molar-refractivity contribution in [2.24, 2.45) is 0 Å². The molecule has 0 aliphatic carbocycles. The first-order valence-corrected chi connectivity index (χ1v) is 8.55. The molecule has 1 unspecified atom stereocenters. The third-order valence-corrected chi connectivity index (χ3v) is 4.61. The van der Waals surface area contributed by atoms with Crippen molar-refractivity contribution in [3.8, 4) is 23.3 Å². The van der Waals surface area contributed by atoms with Gasteiger partial charge in [0.25, 0.3) is 0 Å². The lowest BCUT2D eigenvalue weighted by atomic mass is 10.1. The van der Waals surface area contributed by atoms with Crippen LogP contribution < -0.4 is 5.32 Å². The summed E-state index contributed by atoms with van der Waals surface area (Å²) < 4.78 is 5.71. The molecule has 1 aromatic heterocycles. The first-order chi connectivity index (χ1) is 12.9. The van der Waals surface area contributed by atoms with Crippen LogP contribution in [0.1, 0.15) is 30.0 Å². The van der Waals surface area contributed by atoms with Gasteiger partial charge in [-0.3, -0.25) is 0 Å². The lowest BCUT2D eigenvalue weighted by Gasteiger charge is -2.21. The van der Waals surface area contributed by atoms with E-state index in [1.54, 1.807) is 38.1 Å². The summed E-state index contributed by atoms with van der Waals surface area (Å²) in [5.41, 5.74) is 2.35. The van der Waals surface area contributed by atoms with Crippen molar-refractivity contribution in [1.29, 1.82) is 5.26 Å². The number of rotatable bonds is 5. The number of aliphatic hydroxyl groups is 1. The van der Waals surface area contributed by atoms with E-state index < -0.39 is 12.1 Å². The van der Waals surface area contributed by atoms with Gasteiger partial charge in [0.1, 0.15) is 17.9 Å². The van der Waals surface area contributed by atoms with E-state index in [0.717, 1.165) is 0 Å². The SMILES string of the molecule is Cc1c(N[C@H](c2nnc(-c3ccc(O)cc3)o2)C(C)O)ccc(C#N)c1Cl. The summed E-state index contributed by atoms with van der Waals surface area (Å²) in [6, 6.07) is 11.0. The smallest absolute Gasteiger partial charge is 0.247 e. The molecule has 3 rings (SSSR count). The Bertz CT molecular complexity index is 993. The van der Waals surface area contributed by atoms with Crippen molar-refractivity contribution in [3.05, 3.63) is 58.4 Å². The fourth-order valence-electron chi connectivity index (χ4n) is 2.56. The molecule has 0 saturated carbocycles. The number of hydrogen-bond acceptors (Lipinski definition) is 7. The summed E-state index contributed by atoms with van der Waals surface area (Å²) in [6.07, 6.45) is -0.841. The summed E-state index contributed by atoms with van der Waals surface area (Å²) in [7, 11) is 0. The topological polar surface area (TPSA) is 115 Å². The van der Waals surface area contributed by atoms with Gasteiger partial charge in [0.2, 0.25) is 11.8 Å². The van der Waals surface area contributed by atoms with E-state index in [1.165, 1.54) is 12.1 Å². The molecule has 2 aromatic carbocycles. The van der Waals surface area contributed by atoms with Gasteiger partial charge in [-0.2, -0.15) is 5.26 Å². The number of phenolic OH excluding ortho intramolecular Hbond substituents is 1. The van der Waals surface area contributed by atoms with Crippen LogP contribution in [0, 0.1) is 18.3 Å². The Hall–Kier alpha value is -3.08. The molecular formula is C19H17ClN4O3. The lowest BCUT2D eigenvalue weighted by molar-refractivity contribution is 0.159. The molecule has 8 heteroatoms. The number of anilines is 1. The summed E-state index contributed by atoms with van der Waals surface area (Å²) >= 11 is 6.21. The van der Waals surface area contributed by atoms with Crippen LogP contribution in [0.25, 0.3) is 11.5 Å². The molecule has 0 aliphatic heterocycles. The summed E-state index contributed by atoms with van der Waals surface area (Å²) in [5, 5.41) is 40.2. The van der Waals surface area contributed by atoms with Crippen molar-refractivity contribution >= 4 is 17.3 Å². The number of hydrogen-bond donors (Lipinski definition) is 3. The standard InChI is InChI=1S/C19H17ClN4O3/c1-10-15(8-5-13(9-21)16(10)20)22-17(11(2)25)19-24-23-18(27-19)12-3-6-14(26)7-4-12/h3-8,11,17,22,25-26H,1-2H3/t11?,17-/m0/s1. The van der Waals surface area contributed by atoms with Crippen LogP contribution in [0.5, 0.6) is 5.75 Å². The molecule has 0 spiro atoms. The van der Waals surface area contributed by atoms with Crippen molar-refractivity contribution in [1.82, 2.24) is 10.2 Å². The molecule has 0 radical (unpaired) electrons. The highest BCUT2D eigenvalue weighted by molar-refractivity contribution is 6.32. The minimum atomic E-state index is -0.841. The highest BCUT2D eigenvalue weighted by atomic mass is 35.5. The number of halogens is 1. The first kappa shape index (κ1) is 18.7. The second kappa shape index (κ2) is 7.66. The third kappa shape index (κ3) is 3.87. The van der Waals surface area contributed by atoms with Crippen molar-refractivity contribution in [2.45, 2.75) is 26.0 Å². The van der Waals surface area contributed by atoms with Crippen LogP contribution in [0.2, 0.25) is 5.02 Å². The van der Waals surface area contributed by atoms with Crippen LogP contribution in [-0.2, 0) is 0 Å². The molecular weight excluding hydrogens is 368 g/mol. The molecule has 1 heterocycles. The minimum absolute atomic E-state index is 0.134. The van der Waals surface area contributed by atoms with E-state index in [4.69, 9.17) is 21.3 Å². The number of benzene rings is 2. The Labute approximate surface area is 160 Å². The maximum absolute atomic E-state index is 10.2. The van der Waals surface area contributed by atoms with Gasteiger partial charge in [-0.15, -0.1) is 10.2 Å². The van der Waals surface area contributed by atoms with Gasteiger partial charge in [0.15, 0.2) is 0 Å². The summed E-state index contributed by atoms with van der Waals surface area (Å²) in [5.74, 6) is 0.607. The normalized spacial score (nSPS) is 13.0. The molecule has 3 N–H and O–H groups in total. The first-order valence-electron chi connectivity index (χ1n) is 8.17. The Morgan fingerprint density at radius 1 is 1.19 bits per heavy atom. The predicted octanol–water partition coefficient (Wildman–Crippen LogP) is 3.81. The average molecular weight is 385 g/mol. The Morgan fingerprint density at radius 2 is 1.89 bits per heavy atom. The zero-order valence-electron chi connectivity index (χ0n) is 14.6. The quantitative estimate of drug-likeness (QED) is 0.612. The average Bonchev–Trinajstić information content (AvgIpc) is 3.13. The van der Waals surface area contributed by atoms with Gasteiger partial charge < -0.3 is 19.9 Å². The highest BCUT2D eigenvalue weighted by Gasteiger charge is 2.25. The van der Waals surface area contributed by atoms with Crippen LogP contribution in [-0.4, -0.2) is 26.5 Å². The Kier molecular flexibility index (Phi) is 5.31. The fraction of sp³-hybridized carbons (Fsp3) is 0.211. The van der Waals surface area contributed by atoms with E-state index in [2.05, 4.69) is 15.5 Å². The van der Waals surface area contributed by atoms with E-state index in [1.807, 2.05) is 6.07 Å². The van der Waals surface area contributed by atoms with E-state index >= 15 is 0 Å². The molecule has 2 atom stereocenters. The number of aromatic hydroxyl groups is 1. The maximum Gasteiger partial charge on any atom is 0.247 e. The van der Waals surface area contributed by atoms with E-state index in [9.17, 15) is 10.2 Å². The molecule has 138 valence electrons. The summed E-state index contributed by atoms with van der Waals surface area (Å²) in [6.45, 7) is 3.38. The molecule has 0 saturated heterocycles. The molecule has 0 aliphatic rings. The maximum atomic E-state index is 10.2. The third-order valence-electron chi connectivity index (χ3n) is 4.12. The monoisotopic (exact) mass is 384 g/mol. The number of nitrogens with zero attached hydrogens (tertiary/aromatic N) is 3. The molecule has 0 bridgehead atoms. The second-order valence-corrected chi connectivity index (χ2v) is 6.44. The fourth-order valence-corrected chi connectivity index (χ4v) is 2.77. The van der Waals surface area contributed by atoms with Gasteiger partial charge in [-0.25, -0.2) is 0 Å². The van der Waals surface area contributed by atoms with E-state index in [0.29, 0.717) is 27.4 Å². The molecule has 0 fully saturated rings. The highest BCUT2D eigenvalue weighted by Crippen LogP contribution is 2.31.